The first-order chi connectivity index (χ1) is 9.55. The van der Waals surface area contributed by atoms with E-state index in [-0.39, 0.29) is 24.7 Å². The number of ketones is 1. The molecule has 21 heavy (non-hydrogen) atoms. The maximum Gasteiger partial charge on any atom is 0.408 e. The number of alkyl carbamates (subject to hydrolysis) is 1. The highest BCUT2D eigenvalue weighted by molar-refractivity contribution is 5.99. The van der Waals surface area contributed by atoms with Crippen LogP contribution in [0.5, 0.6) is 0 Å². The van der Waals surface area contributed by atoms with Crippen molar-refractivity contribution in [1.82, 2.24) is 5.32 Å². The summed E-state index contributed by atoms with van der Waals surface area (Å²) in [6, 6.07) is -0.746. The molecule has 0 aliphatic rings. The Kier molecular flexibility index (Phi) is 7.99. The van der Waals surface area contributed by atoms with Gasteiger partial charge in [-0.3, -0.25) is 9.59 Å². The smallest absolute Gasteiger partial charge is 0.408 e. The number of amides is 1. The van der Waals surface area contributed by atoms with Crippen molar-refractivity contribution in [2.24, 2.45) is 5.92 Å². The minimum atomic E-state index is -0.746. The molecule has 0 aromatic heterocycles. The molecule has 0 saturated heterocycles. The van der Waals surface area contributed by atoms with Crippen molar-refractivity contribution in [3.05, 3.63) is 0 Å². The standard InChI is InChI=1S/C15H27NO5/c1-7-20-13(18)9-12(17)11(8-10(2)3)16-14(19)21-15(4,5)6/h10-11H,7-9H2,1-6H3,(H,16,19). The molecule has 0 aromatic carbocycles. The predicted octanol–water partition coefficient (Wildman–Crippen LogP) is 2.45. The van der Waals surface area contributed by atoms with Crippen molar-refractivity contribution >= 4 is 17.8 Å². The van der Waals surface area contributed by atoms with Gasteiger partial charge < -0.3 is 14.8 Å². The number of Topliss-reactive ketones (excluding diaryl/α,β-unsaturated/α-hetero) is 1. The number of carbonyl (C=O) groups excluding carboxylic acids is 3. The highest BCUT2D eigenvalue weighted by Crippen LogP contribution is 2.11. The summed E-state index contributed by atoms with van der Waals surface area (Å²) in [5.41, 5.74) is -0.642. The van der Waals surface area contributed by atoms with Gasteiger partial charge in [-0.15, -0.1) is 0 Å². The third kappa shape index (κ3) is 9.87. The molecule has 0 aromatic rings. The van der Waals surface area contributed by atoms with Crippen molar-refractivity contribution in [3.63, 3.8) is 0 Å². The lowest BCUT2D eigenvalue weighted by molar-refractivity contribution is -0.146. The molecule has 0 aliphatic heterocycles. The van der Waals surface area contributed by atoms with Gasteiger partial charge in [0.15, 0.2) is 5.78 Å². The van der Waals surface area contributed by atoms with E-state index in [0.29, 0.717) is 6.42 Å². The molecule has 0 aliphatic carbocycles. The molecule has 0 bridgehead atoms. The Morgan fingerprint density at radius 3 is 2.14 bits per heavy atom. The zero-order valence-corrected chi connectivity index (χ0v) is 13.8. The lowest BCUT2D eigenvalue weighted by atomic mass is 9.99. The number of rotatable bonds is 7. The Hall–Kier alpha value is -1.59. The molecule has 0 saturated carbocycles. The first-order valence-electron chi connectivity index (χ1n) is 7.23. The van der Waals surface area contributed by atoms with Crippen LogP contribution in [0.25, 0.3) is 0 Å². The molecular weight excluding hydrogens is 274 g/mol. The van der Waals surface area contributed by atoms with Gasteiger partial charge in [0.25, 0.3) is 0 Å². The fourth-order valence-electron chi connectivity index (χ4n) is 1.67. The van der Waals surface area contributed by atoms with Crippen molar-refractivity contribution in [2.45, 2.75) is 66.0 Å². The Balaban J connectivity index is 4.68. The number of esters is 1. The number of ether oxygens (including phenoxy) is 2. The number of nitrogens with one attached hydrogen (secondary N) is 1. The van der Waals surface area contributed by atoms with Gasteiger partial charge in [0.1, 0.15) is 12.0 Å². The molecule has 122 valence electrons. The average molecular weight is 301 g/mol. The quantitative estimate of drug-likeness (QED) is 0.577. The molecule has 0 spiro atoms. The number of hydrogen-bond donors (Lipinski definition) is 1. The highest BCUT2D eigenvalue weighted by Gasteiger charge is 2.26. The second-order valence-electron chi connectivity index (χ2n) is 6.28. The topological polar surface area (TPSA) is 81.7 Å². The lowest BCUT2D eigenvalue weighted by Gasteiger charge is -2.23. The fraction of sp³-hybridized carbons (Fsp3) is 0.800. The van der Waals surface area contributed by atoms with Crippen LogP contribution in [0.3, 0.4) is 0 Å². The van der Waals surface area contributed by atoms with Crippen LogP contribution in [-0.2, 0) is 19.1 Å². The van der Waals surface area contributed by atoms with Crippen molar-refractivity contribution in [3.8, 4) is 0 Å². The zero-order chi connectivity index (χ0) is 16.6. The van der Waals surface area contributed by atoms with E-state index in [1.807, 2.05) is 13.8 Å². The van der Waals surface area contributed by atoms with Gasteiger partial charge in [-0.05, 0) is 40.0 Å². The Labute approximate surface area is 126 Å². The van der Waals surface area contributed by atoms with Crippen LogP contribution in [0.15, 0.2) is 0 Å². The Morgan fingerprint density at radius 1 is 1.14 bits per heavy atom. The molecule has 1 N–H and O–H groups in total. The van der Waals surface area contributed by atoms with Crippen LogP contribution in [0.1, 0.15) is 54.4 Å². The summed E-state index contributed by atoms with van der Waals surface area (Å²) in [7, 11) is 0. The van der Waals surface area contributed by atoms with E-state index in [1.54, 1.807) is 27.7 Å². The largest absolute Gasteiger partial charge is 0.466 e. The maximum atomic E-state index is 12.1. The van der Waals surface area contributed by atoms with Gasteiger partial charge in [0, 0.05) is 0 Å². The van der Waals surface area contributed by atoms with E-state index in [4.69, 9.17) is 9.47 Å². The van der Waals surface area contributed by atoms with Crippen LogP contribution >= 0.6 is 0 Å². The number of carbonyl (C=O) groups is 3. The maximum absolute atomic E-state index is 12.1. The van der Waals surface area contributed by atoms with Gasteiger partial charge in [-0.2, -0.15) is 0 Å². The average Bonchev–Trinajstić information content (AvgIpc) is 2.24. The molecule has 6 nitrogen and oxygen atoms in total. The van der Waals surface area contributed by atoms with E-state index in [9.17, 15) is 14.4 Å². The number of hydrogen-bond acceptors (Lipinski definition) is 5. The van der Waals surface area contributed by atoms with Crippen molar-refractivity contribution < 1.29 is 23.9 Å². The Morgan fingerprint density at radius 2 is 1.71 bits per heavy atom. The molecule has 0 radical (unpaired) electrons. The van der Waals surface area contributed by atoms with Gasteiger partial charge in [-0.1, -0.05) is 13.8 Å². The molecule has 1 unspecified atom stereocenters. The third-order valence-electron chi connectivity index (χ3n) is 2.41. The van der Waals surface area contributed by atoms with E-state index >= 15 is 0 Å². The summed E-state index contributed by atoms with van der Waals surface area (Å²) in [6.07, 6.45) is -0.566. The van der Waals surface area contributed by atoms with Crippen LogP contribution < -0.4 is 5.32 Å². The molecular formula is C15H27NO5. The van der Waals surface area contributed by atoms with Gasteiger partial charge in [0.05, 0.1) is 12.6 Å². The minimum Gasteiger partial charge on any atom is -0.466 e. The summed E-state index contributed by atoms with van der Waals surface area (Å²) < 4.78 is 9.88. The van der Waals surface area contributed by atoms with E-state index in [1.165, 1.54) is 0 Å². The SMILES string of the molecule is CCOC(=O)CC(=O)C(CC(C)C)NC(=O)OC(C)(C)C. The van der Waals surface area contributed by atoms with Crippen molar-refractivity contribution in [2.75, 3.05) is 6.61 Å². The van der Waals surface area contributed by atoms with Crippen LogP contribution in [0.2, 0.25) is 0 Å². The minimum absolute atomic E-state index is 0.191. The van der Waals surface area contributed by atoms with E-state index in [2.05, 4.69) is 5.32 Å². The summed E-state index contributed by atoms with van der Waals surface area (Å²) in [5.74, 6) is -0.758. The second-order valence-corrected chi connectivity index (χ2v) is 6.28. The summed E-state index contributed by atoms with van der Waals surface area (Å²) in [6.45, 7) is 11.0. The molecule has 1 atom stereocenters. The molecule has 0 rings (SSSR count). The monoisotopic (exact) mass is 301 g/mol. The summed E-state index contributed by atoms with van der Waals surface area (Å²) in [4.78, 5) is 35.2. The van der Waals surface area contributed by atoms with Crippen LogP contribution in [-0.4, -0.2) is 36.1 Å². The van der Waals surface area contributed by atoms with Crippen LogP contribution in [0, 0.1) is 5.92 Å². The molecule has 0 fully saturated rings. The predicted molar refractivity (Wildman–Crippen MR) is 78.9 cm³/mol. The molecule has 6 heteroatoms. The van der Waals surface area contributed by atoms with Gasteiger partial charge in [0.2, 0.25) is 0 Å². The third-order valence-corrected chi connectivity index (χ3v) is 2.41. The normalized spacial score (nSPS) is 12.7. The van der Waals surface area contributed by atoms with Crippen molar-refractivity contribution in [1.29, 1.82) is 0 Å². The summed E-state index contributed by atoms with van der Waals surface area (Å²) in [5, 5.41) is 2.53. The van der Waals surface area contributed by atoms with E-state index in [0.717, 1.165) is 0 Å². The fourth-order valence-corrected chi connectivity index (χ4v) is 1.67. The highest BCUT2D eigenvalue weighted by atomic mass is 16.6. The molecule has 0 heterocycles. The molecule has 1 amide bonds. The second kappa shape index (κ2) is 8.64. The van der Waals surface area contributed by atoms with Gasteiger partial charge in [-0.25, -0.2) is 4.79 Å². The van der Waals surface area contributed by atoms with Gasteiger partial charge >= 0.3 is 12.1 Å². The lowest BCUT2D eigenvalue weighted by Crippen LogP contribution is -2.44. The zero-order valence-electron chi connectivity index (χ0n) is 13.8. The first kappa shape index (κ1) is 19.4. The van der Waals surface area contributed by atoms with Crippen LogP contribution in [0.4, 0.5) is 4.79 Å². The summed E-state index contributed by atoms with van der Waals surface area (Å²) >= 11 is 0. The first-order valence-corrected chi connectivity index (χ1v) is 7.23. The Bertz CT molecular complexity index is 371. The van der Waals surface area contributed by atoms with E-state index < -0.39 is 23.7 Å².